The molecular formula is C12H18BrN3O2. The Kier molecular flexibility index (Phi) is 7.98. The topological polar surface area (TPSA) is 67.0 Å². The van der Waals surface area contributed by atoms with E-state index in [2.05, 4.69) is 28.6 Å². The summed E-state index contributed by atoms with van der Waals surface area (Å²) in [6.45, 7) is 9.29. The van der Waals surface area contributed by atoms with Gasteiger partial charge in [-0.3, -0.25) is 0 Å². The van der Waals surface area contributed by atoms with Crippen LogP contribution in [0.1, 0.15) is 24.9 Å². The molecule has 0 saturated carbocycles. The van der Waals surface area contributed by atoms with Crippen molar-refractivity contribution in [1.82, 2.24) is 15.4 Å². The van der Waals surface area contributed by atoms with Gasteiger partial charge in [-0.15, -0.1) is 17.0 Å². The van der Waals surface area contributed by atoms with Gasteiger partial charge in [-0.1, -0.05) is 13.2 Å². The van der Waals surface area contributed by atoms with E-state index in [1.807, 2.05) is 0 Å². The molecular weight excluding hydrogens is 298 g/mol. The van der Waals surface area contributed by atoms with Crippen molar-refractivity contribution in [3.63, 3.8) is 0 Å². The Balaban J connectivity index is 0.00000289. The molecule has 0 aliphatic rings. The minimum atomic E-state index is -0.433. The van der Waals surface area contributed by atoms with Crippen LogP contribution in [0.5, 0.6) is 0 Å². The van der Waals surface area contributed by atoms with Crippen LogP contribution in [0.2, 0.25) is 0 Å². The number of hydroxylamine groups is 1. The first-order valence-electron chi connectivity index (χ1n) is 5.39. The first kappa shape index (κ1) is 16.6. The summed E-state index contributed by atoms with van der Waals surface area (Å²) in [6.07, 6.45) is 5.04. The van der Waals surface area contributed by atoms with Crippen LogP contribution in [0, 0.1) is 0 Å². The monoisotopic (exact) mass is 315 g/mol. The number of hydrogen-bond acceptors (Lipinski definition) is 4. The zero-order chi connectivity index (χ0) is 12.7. The average Bonchev–Trinajstić information content (AvgIpc) is 2.76. The molecule has 18 heavy (non-hydrogen) atoms. The Bertz CT molecular complexity index is 415. The van der Waals surface area contributed by atoms with Gasteiger partial charge in [-0.25, -0.2) is 9.78 Å². The Morgan fingerprint density at radius 1 is 1.67 bits per heavy atom. The molecule has 0 spiro atoms. The molecule has 1 aromatic heterocycles. The molecule has 1 heterocycles. The van der Waals surface area contributed by atoms with Crippen LogP contribution < -0.4 is 5.48 Å². The summed E-state index contributed by atoms with van der Waals surface area (Å²) in [5.41, 5.74) is 3.86. The summed E-state index contributed by atoms with van der Waals surface area (Å²) in [4.78, 5) is 23.0. The standard InChI is InChI=1S/C12H17N3O2.BrH/c1-4-10-8-13-11(15-10)6-5-7-14-17-12(16)9(2)3;/h4,8,14H,1-2,5-7H2,3H3,(H,13,15);1H. The number of halogens is 1. The van der Waals surface area contributed by atoms with E-state index >= 15 is 0 Å². The molecule has 0 bridgehead atoms. The highest BCUT2D eigenvalue weighted by Crippen LogP contribution is 2.00. The number of aromatic nitrogens is 2. The van der Waals surface area contributed by atoms with Crippen molar-refractivity contribution >= 4 is 29.0 Å². The van der Waals surface area contributed by atoms with Crippen LogP contribution in [-0.2, 0) is 16.1 Å². The quantitative estimate of drug-likeness (QED) is 0.460. The maximum absolute atomic E-state index is 11.0. The number of rotatable bonds is 7. The minimum absolute atomic E-state index is 0. The van der Waals surface area contributed by atoms with Gasteiger partial charge in [0, 0.05) is 18.5 Å². The molecule has 1 rings (SSSR count). The molecule has 0 radical (unpaired) electrons. The largest absolute Gasteiger partial charge is 0.367 e. The van der Waals surface area contributed by atoms with Gasteiger partial charge < -0.3 is 9.82 Å². The Hall–Kier alpha value is -1.40. The predicted octanol–water partition coefficient (Wildman–Crippen LogP) is 2.19. The molecule has 100 valence electrons. The first-order valence-corrected chi connectivity index (χ1v) is 5.39. The highest BCUT2D eigenvalue weighted by molar-refractivity contribution is 8.93. The molecule has 6 heteroatoms. The number of hydrogen-bond donors (Lipinski definition) is 2. The summed E-state index contributed by atoms with van der Waals surface area (Å²) >= 11 is 0. The zero-order valence-corrected chi connectivity index (χ0v) is 12.1. The van der Waals surface area contributed by atoms with E-state index in [0.29, 0.717) is 12.1 Å². The number of carbonyl (C=O) groups is 1. The summed E-state index contributed by atoms with van der Waals surface area (Å²) in [5, 5.41) is 0. The van der Waals surface area contributed by atoms with E-state index in [4.69, 9.17) is 4.84 Å². The van der Waals surface area contributed by atoms with Crippen molar-refractivity contribution in [1.29, 1.82) is 0 Å². The van der Waals surface area contributed by atoms with Crippen molar-refractivity contribution in [2.24, 2.45) is 0 Å². The highest BCUT2D eigenvalue weighted by Gasteiger charge is 2.02. The van der Waals surface area contributed by atoms with E-state index < -0.39 is 5.97 Å². The van der Waals surface area contributed by atoms with E-state index in [-0.39, 0.29) is 17.0 Å². The summed E-state index contributed by atoms with van der Waals surface area (Å²) in [6, 6.07) is 0. The van der Waals surface area contributed by atoms with E-state index in [1.54, 1.807) is 19.2 Å². The molecule has 0 amide bonds. The van der Waals surface area contributed by atoms with Crippen LogP contribution in [0.15, 0.2) is 24.9 Å². The lowest BCUT2D eigenvalue weighted by molar-refractivity contribution is -0.146. The third-order valence-corrected chi connectivity index (χ3v) is 2.07. The summed E-state index contributed by atoms with van der Waals surface area (Å²) < 4.78 is 0. The first-order chi connectivity index (χ1) is 8.13. The third kappa shape index (κ3) is 5.79. The van der Waals surface area contributed by atoms with Crippen molar-refractivity contribution < 1.29 is 9.63 Å². The number of imidazole rings is 1. The number of aryl methyl sites for hydroxylation is 1. The number of aromatic amines is 1. The van der Waals surface area contributed by atoms with Crippen molar-refractivity contribution in [2.45, 2.75) is 19.8 Å². The Morgan fingerprint density at radius 3 is 2.94 bits per heavy atom. The molecule has 0 aromatic carbocycles. The van der Waals surface area contributed by atoms with Crippen LogP contribution in [0.25, 0.3) is 6.08 Å². The Labute approximate surface area is 117 Å². The fourth-order valence-corrected chi connectivity index (χ4v) is 1.14. The van der Waals surface area contributed by atoms with Gasteiger partial charge in [0.1, 0.15) is 5.82 Å². The SMILES string of the molecule is Br.C=Cc1cnc(CCCNOC(=O)C(=C)C)[nH]1. The van der Waals surface area contributed by atoms with Crippen molar-refractivity contribution in [2.75, 3.05) is 6.54 Å². The molecule has 0 aliphatic heterocycles. The molecule has 1 aromatic rings. The van der Waals surface area contributed by atoms with E-state index in [0.717, 1.165) is 24.4 Å². The van der Waals surface area contributed by atoms with Gasteiger partial charge in [-0.05, 0) is 19.4 Å². The maximum Gasteiger partial charge on any atom is 0.351 e. The lowest BCUT2D eigenvalue weighted by Crippen LogP contribution is -2.21. The van der Waals surface area contributed by atoms with Gasteiger partial charge in [-0.2, -0.15) is 5.48 Å². The van der Waals surface area contributed by atoms with E-state index in [1.165, 1.54) is 0 Å². The number of nitrogens with one attached hydrogen (secondary N) is 2. The average molecular weight is 316 g/mol. The van der Waals surface area contributed by atoms with Gasteiger partial charge in [0.2, 0.25) is 0 Å². The van der Waals surface area contributed by atoms with Crippen LogP contribution in [-0.4, -0.2) is 22.5 Å². The molecule has 5 nitrogen and oxygen atoms in total. The number of nitrogens with zero attached hydrogens (tertiary/aromatic N) is 1. The second-order valence-corrected chi connectivity index (χ2v) is 3.66. The second-order valence-electron chi connectivity index (χ2n) is 3.66. The predicted molar refractivity (Wildman–Crippen MR) is 76.2 cm³/mol. The Morgan fingerprint density at radius 2 is 2.39 bits per heavy atom. The van der Waals surface area contributed by atoms with Gasteiger partial charge in [0.15, 0.2) is 0 Å². The van der Waals surface area contributed by atoms with Gasteiger partial charge >= 0.3 is 5.97 Å². The molecule has 0 saturated heterocycles. The maximum atomic E-state index is 11.0. The number of carbonyl (C=O) groups excluding carboxylic acids is 1. The fraction of sp³-hybridized carbons (Fsp3) is 0.333. The normalized spacial score (nSPS) is 9.39. The molecule has 0 aliphatic carbocycles. The summed E-state index contributed by atoms with van der Waals surface area (Å²) in [7, 11) is 0. The molecule has 0 unspecified atom stereocenters. The number of H-pyrrole nitrogens is 1. The third-order valence-electron chi connectivity index (χ3n) is 2.07. The molecule has 0 atom stereocenters. The van der Waals surface area contributed by atoms with E-state index in [9.17, 15) is 4.79 Å². The van der Waals surface area contributed by atoms with Crippen LogP contribution in [0.4, 0.5) is 0 Å². The van der Waals surface area contributed by atoms with Crippen molar-refractivity contribution in [3.8, 4) is 0 Å². The van der Waals surface area contributed by atoms with Gasteiger partial charge in [0.25, 0.3) is 0 Å². The minimum Gasteiger partial charge on any atom is -0.367 e. The van der Waals surface area contributed by atoms with Gasteiger partial charge in [0.05, 0.1) is 11.9 Å². The van der Waals surface area contributed by atoms with Crippen LogP contribution >= 0.6 is 17.0 Å². The smallest absolute Gasteiger partial charge is 0.351 e. The zero-order valence-electron chi connectivity index (χ0n) is 10.4. The summed E-state index contributed by atoms with van der Waals surface area (Å²) in [5.74, 6) is 0.463. The highest BCUT2D eigenvalue weighted by atomic mass is 79.9. The van der Waals surface area contributed by atoms with Crippen LogP contribution in [0.3, 0.4) is 0 Å². The molecule has 2 N–H and O–H groups in total. The van der Waals surface area contributed by atoms with Crippen molar-refractivity contribution in [3.05, 3.63) is 36.4 Å². The molecule has 0 fully saturated rings. The fourth-order valence-electron chi connectivity index (χ4n) is 1.14. The lowest BCUT2D eigenvalue weighted by Gasteiger charge is -2.04. The second kappa shape index (κ2) is 8.66. The lowest BCUT2D eigenvalue weighted by atomic mass is 10.3.